The van der Waals surface area contributed by atoms with Crippen molar-refractivity contribution < 1.29 is 4.79 Å². The zero-order valence-corrected chi connectivity index (χ0v) is 6.75. The molecule has 60 valence electrons. The van der Waals surface area contributed by atoms with Crippen LogP contribution >= 0.6 is 0 Å². The number of ketones is 1. The molecule has 1 fully saturated rings. The molecule has 0 radical (unpaired) electrons. The summed E-state index contributed by atoms with van der Waals surface area (Å²) in [6.45, 7) is 0. The highest BCUT2D eigenvalue weighted by molar-refractivity contribution is 5.93. The van der Waals surface area contributed by atoms with Crippen molar-refractivity contribution >= 4 is 5.78 Å². The Labute approximate surface area is 67.5 Å². The van der Waals surface area contributed by atoms with Gasteiger partial charge in [-0.25, -0.2) is 0 Å². The monoisotopic (exact) mass is 150 g/mol. The minimum atomic E-state index is 0.386. The first-order valence-corrected chi connectivity index (χ1v) is 4.58. The molecule has 1 nitrogen and oxygen atoms in total. The van der Waals surface area contributed by atoms with E-state index in [1.54, 1.807) is 6.08 Å². The third-order valence-corrected chi connectivity index (χ3v) is 2.77. The standard InChI is InChI=1S/C10H14O/c11-10-6-4-2-1-3-5-8-7-9(8)10/h4,6,8-9H,1-3,5,7H2/b6-4+/t8-,9+/m1/s1. The van der Waals surface area contributed by atoms with Crippen molar-refractivity contribution in [1.29, 1.82) is 0 Å². The number of carbonyl (C=O) groups is 1. The van der Waals surface area contributed by atoms with E-state index in [-0.39, 0.29) is 0 Å². The lowest BCUT2D eigenvalue weighted by molar-refractivity contribution is -0.116. The van der Waals surface area contributed by atoms with Crippen molar-refractivity contribution in [3.05, 3.63) is 12.2 Å². The Morgan fingerprint density at radius 1 is 1.36 bits per heavy atom. The third-order valence-electron chi connectivity index (χ3n) is 2.77. The van der Waals surface area contributed by atoms with Gasteiger partial charge in [-0.15, -0.1) is 0 Å². The average Bonchev–Trinajstić information content (AvgIpc) is 2.74. The van der Waals surface area contributed by atoms with Crippen LogP contribution in [0.25, 0.3) is 0 Å². The van der Waals surface area contributed by atoms with E-state index in [0.29, 0.717) is 11.7 Å². The van der Waals surface area contributed by atoms with Gasteiger partial charge in [-0.1, -0.05) is 12.5 Å². The number of allylic oxidation sites excluding steroid dienone is 2. The lowest BCUT2D eigenvalue weighted by atomic mass is 10.1. The Morgan fingerprint density at radius 2 is 2.27 bits per heavy atom. The van der Waals surface area contributed by atoms with E-state index < -0.39 is 0 Å². The van der Waals surface area contributed by atoms with Gasteiger partial charge in [-0.3, -0.25) is 4.79 Å². The average molecular weight is 150 g/mol. The predicted molar refractivity (Wildman–Crippen MR) is 44.2 cm³/mol. The van der Waals surface area contributed by atoms with E-state index >= 15 is 0 Å². The lowest BCUT2D eigenvalue weighted by Crippen LogP contribution is -1.96. The molecule has 0 unspecified atom stereocenters. The highest BCUT2D eigenvalue weighted by atomic mass is 16.1. The van der Waals surface area contributed by atoms with Crippen LogP contribution in [-0.2, 0) is 4.79 Å². The smallest absolute Gasteiger partial charge is 0.158 e. The minimum Gasteiger partial charge on any atom is -0.295 e. The maximum absolute atomic E-state index is 11.3. The van der Waals surface area contributed by atoms with E-state index in [0.717, 1.165) is 12.3 Å². The van der Waals surface area contributed by atoms with Gasteiger partial charge in [0.1, 0.15) is 0 Å². The van der Waals surface area contributed by atoms with Gasteiger partial charge in [0.15, 0.2) is 5.78 Å². The number of carbonyl (C=O) groups excluding carboxylic acids is 1. The summed E-state index contributed by atoms with van der Waals surface area (Å²) < 4.78 is 0. The SMILES string of the molecule is O=C1/C=C/CCCC[C@@H]2C[C@H]12. The zero-order chi connectivity index (χ0) is 7.68. The molecule has 0 aromatic rings. The summed E-state index contributed by atoms with van der Waals surface area (Å²) in [6.07, 6.45) is 10.00. The summed E-state index contributed by atoms with van der Waals surface area (Å²) in [5.41, 5.74) is 0. The summed E-state index contributed by atoms with van der Waals surface area (Å²) in [6, 6.07) is 0. The summed E-state index contributed by atoms with van der Waals surface area (Å²) in [7, 11) is 0. The van der Waals surface area contributed by atoms with E-state index in [1.165, 1.54) is 25.7 Å². The molecule has 0 aromatic carbocycles. The normalized spacial score (nSPS) is 39.8. The van der Waals surface area contributed by atoms with E-state index in [1.807, 2.05) is 6.08 Å². The molecular formula is C10H14O. The number of hydrogen-bond acceptors (Lipinski definition) is 1. The molecule has 1 heteroatoms. The van der Waals surface area contributed by atoms with Gasteiger partial charge in [0.2, 0.25) is 0 Å². The zero-order valence-electron chi connectivity index (χ0n) is 6.75. The summed E-state index contributed by atoms with van der Waals surface area (Å²) in [4.78, 5) is 11.3. The van der Waals surface area contributed by atoms with Gasteiger partial charge in [0, 0.05) is 5.92 Å². The molecule has 2 atom stereocenters. The second kappa shape index (κ2) is 2.80. The predicted octanol–water partition coefficient (Wildman–Crippen LogP) is 2.32. The first kappa shape index (κ1) is 7.08. The molecule has 2 aliphatic carbocycles. The second-order valence-corrected chi connectivity index (χ2v) is 3.69. The largest absolute Gasteiger partial charge is 0.295 e. The third kappa shape index (κ3) is 1.52. The number of rotatable bonds is 0. The fraction of sp³-hybridized carbons (Fsp3) is 0.700. The van der Waals surface area contributed by atoms with Gasteiger partial charge in [-0.2, -0.15) is 0 Å². The fourth-order valence-corrected chi connectivity index (χ4v) is 1.91. The molecule has 0 N–H and O–H groups in total. The van der Waals surface area contributed by atoms with Gasteiger partial charge >= 0.3 is 0 Å². The van der Waals surface area contributed by atoms with Crippen molar-refractivity contribution in [3.8, 4) is 0 Å². The van der Waals surface area contributed by atoms with Crippen molar-refractivity contribution in [2.45, 2.75) is 32.1 Å². The topological polar surface area (TPSA) is 17.1 Å². The summed E-state index contributed by atoms with van der Waals surface area (Å²) in [5.74, 6) is 1.56. The van der Waals surface area contributed by atoms with E-state index in [4.69, 9.17) is 0 Å². The van der Waals surface area contributed by atoms with Crippen LogP contribution in [0.1, 0.15) is 32.1 Å². The van der Waals surface area contributed by atoms with Crippen molar-refractivity contribution in [3.63, 3.8) is 0 Å². The molecule has 0 aromatic heterocycles. The van der Waals surface area contributed by atoms with Crippen LogP contribution in [0.4, 0.5) is 0 Å². The van der Waals surface area contributed by atoms with Crippen molar-refractivity contribution in [1.82, 2.24) is 0 Å². The molecule has 11 heavy (non-hydrogen) atoms. The Bertz CT molecular complexity index is 193. The van der Waals surface area contributed by atoms with Crippen LogP contribution in [0.2, 0.25) is 0 Å². The van der Waals surface area contributed by atoms with Crippen LogP contribution in [0, 0.1) is 11.8 Å². The first-order valence-electron chi connectivity index (χ1n) is 4.58. The highest BCUT2D eigenvalue weighted by Gasteiger charge is 2.40. The molecule has 2 aliphatic rings. The Balaban J connectivity index is 2.01. The number of hydrogen-bond donors (Lipinski definition) is 0. The molecule has 0 amide bonds. The molecule has 1 saturated carbocycles. The maximum atomic E-state index is 11.3. The molecule has 0 saturated heterocycles. The molecule has 0 aliphatic heterocycles. The Kier molecular flexibility index (Phi) is 1.80. The minimum absolute atomic E-state index is 0.386. The Morgan fingerprint density at radius 3 is 3.18 bits per heavy atom. The van der Waals surface area contributed by atoms with Gasteiger partial charge in [0.25, 0.3) is 0 Å². The fourth-order valence-electron chi connectivity index (χ4n) is 1.91. The van der Waals surface area contributed by atoms with E-state index in [9.17, 15) is 4.79 Å². The lowest BCUT2D eigenvalue weighted by Gasteiger charge is -1.93. The highest BCUT2D eigenvalue weighted by Crippen LogP contribution is 2.43. The van der Waals surface area contributed by atoms with Crippen molar-refractivity contribution in [2.24, 2.45) is 11.8 Å². The summed E-state index contributed by atoms with van der Waals surface area (Å²) in [5, 5.41) is 0. The second-order valence-electron chi connectivity index (χ2n) is 3.69. The van der Waals surface area contributed by atoms with Crippen LogP contribution in [0.3, 0.4) is 0 Å². The van der Waals surface area contributed by atoms with E-state index in [2.05, 4.69) is 0 Å². The van der Waals surface area contributed by atoms with Gasteiger partial charge < -0.3 is 0 Å². The first-order chi connectivity index (χ1) is 5.38. The van der Waals surface area contributed by atoms with Crippen LogP contribution in [-0.4, -0.2) is 5.78 Å². The Hall–Kier alpha value is -0.590. The molecule has 0 heterocycles. The van der Waals surface area contributed by atoms with Gasteiger partial charge in [-0.05, 0) is 37.7 Å². The van der Waals surface area contributed by atoms with Crippen molar-refractivity contribution in [2.75, 3.05) is 0 Å². The van der Waals surface area contributed by atoms with Crippen LogP contribution in [0.15, 0.2) is 12.2 Å². The maximum Gasteiger partial charge on any atom is 0.158 e. The molecule has 0 spiro atoms. The molecule has 2 rings (SSSR count). The van der Waals surface area contributed by atoms with Gasteiger partial charge in [0.05, 0.1) is 0 Å². The quantitative estimate of drug-likeness (QED) is 0.518. The summed E-state index contributed by atoms with van der Waals surface area (Å²) >= 11 is 0. The number of fused-ring (bicyclic) bond motifs is 1. The van der Waals surface area contributed by atoms with Crippen LogP contribution < -0.4 is 0 Å². The molecular weight excluding hydrogens is 136 g/mol. The molecule has 0 bridgehead atoms. The van der Waals surface area contributed by atoms with Crippen LogP contribution in [0.5, 0.6) is 0 Å².